The quantitative estimate of drug-likeness (QED) is 0.484. The Hall–Kier alpha value is -2.57. The average Bonchev–Trinajstić information content (AvgIpc) is 3.27. The minimum atomic E-state index is -0.612. The number of rotatable bonds is 5. The summed E-state index contributed by atoms with van der Waals surface area (Å²) in [5, 5.41) is 0. The summed E-state index contributed by atoms with van der Waals surface area (Å²) in [4.78, 5) is 33.5. The van der Waals surface area contributed by atoms with Crippen LogP contribution in [-0.4, -0.2) is 29.0 Å². The van der Waals surface area contributed by atoms with Crippen LogP contribution in [0.3, 0.4) is 0 Å². The number of nitrogens with one attached hydrogen (secondary N) is 2. The fourth-order valence-corrected chi connectivity index (χ4v) is 2.40. The number of hydrazine groups is 1. The lowest BCUT2D eigenvalue weighted by Gasteiger charge is -2.06. The monoisotopic (exact) mass is 319 g/mol. The Morgan fingerprint density at radius 2 is 2.00 bits per heavy atom. The van der Waals surface area contributed by atoms with Gasteiger partial charge in [-0.1, -0.05) is 0 Å². The van der Waals surface area contributed by atoms with E-state index in [1.165, 1.54) is 31.5 Å². The van der Waals surface area contributed by atoms with Gasteiger partial charge in [0.2, 0.25) is 5.91 Å². The second-order valence-electron chi connectivity index (χ2n) is 5.60. The average molecular weight is 319 g/mol. The van der Waals surface area contributed by atoms with Crippen LogP contribution in [0.2, 0.25) is 0 Å². The van der Waals surface area contributed by atoms with E-state index in [4.69, 9.17) is 4.74 Å². The maximum Gasteiger partial charge on any atom is 0.331 e. The van der Waals surface area contributed by atoms with E-state index in [2.05, 4.69) is 15.4 Å². The lowest BCUT2D eigenvalue weighted by Crippen LogP contribution is -2.42. The Morgan fingerprint density at radius 3 is 2.61 bits per heavy atom. The van der Waals surface area contributed by atoms with E-state index in [0.717, 1.165) is 11.3 Å². The van der Waals surface area contributed by atoms with Crippen molar-refractivity contribution in [1.29, 1.82) is 0 Å². The Kier molecular flexibility index (Phi) is 5.20. The molecule has 7 nitrogen and oxygen atoms in total. The van der Waals surface area contributed by atoms with Gasteiger partial charge in [-0.3, -0.25) is 20.4 Å². The highest BCUT2D eigenvalue weighted by Crippen LogP contribution is 2.38. The van der Waals surface area contributed by atoms with Crippen molar-refractivity contribution in [3.05, 3.63) is 29.1 Å². The molecule has 0 saturated heterocycles. The molecule has 124 valence electrons. The molecule has 7 heteroatoms. The summed E-state index contributed by atoms with van der Waals surface area (Å²) in [7, 11) is 0. The van der Waals surface area contributed by atoms with Crippen LogP contribution in [0.15, 0.2) is 12.1 Å². The molecule has 0 atom stereocenters. The van der Waals surface area contributed by atoms with Gasteiger partial charge >= 0.3 is 5.97 Å². The fourth-order valence-electron chi connectivity index (χ4n) is 2.40. The van der Waals surface area contributed by atoms with Crippen molar-refractivity contribution in [1.82, 2.24) is 15.4 Å². The van der Waals surface area contributed by atoms with Crippen molar-refractivity contribution in [2.24, 2.45) is 0 Å². The maximum absolute atomic E-state index is 11.6. The molecular formula is C16H21N3O4. The van der Waals surface area contributed by atoms with Crippen LogP contribution in [0.25, 0.3) is 6.08 Å². The summed E-state index contributed by atoms with van der Waals surface area (Å²) in [5.74, 6) is -1.62. The number of carbonyl (C=O) groups excluding carboxylic acids is 3. The van der Waals surface area contributed by atoms with Crippen molar-refractivity contribution >= 4 is 23.9 Å². The number of hydrogen-bond acceptors (Lipinski definition) is 4. The van der Waals surface area contributed by atoms with Crippen LogP contribution in [0.4, 0.5) is 0 Å². The first kappa shape index (κ1) is 16.8. The van der Waals surface area contributed by atoms with Crippen LogP contribution in [0.1, 0.15) is 42.8 Å². The minimum absolute atomic E-state index is 0.407. The lowest BCUT2D eigenvalue weighted by atomic mass is 10.2. The molecule has 0 unspecified atom stereocenters. The van der Waals surface area contributed by atoms with Gasteiger partial charge in [-0.2, -0.15) is 0 Å². The largest absolute Gasteiger partial charge is 0.452 e. The molecule has 1 aliphatic rings. The topological polar surface area (TPSA) is 89.4 Å². The zero-order chi connectivity index (χ0) is 17.0. The highest BCUT2D eigenvalue weighted by molar-refractivity contribution is 5.89. The van der Waals surface area contributed by atoms with E-state index in [0.29, 0.717) is 6.04 Å². The zero-order valence-corrected chi connectivity index (χ0v) is 13.5. The minimum Gasteiger partial charge on any atom is -0.452 e. The van der Waals surface area contributed by atoms with Crippen molar-refractivity contribution in [2.45, 2.75) is 39.7 Å². The van der Waals surface area contributed by atoms with Crippen LogP contribution < -0.4 is 10.9 Å². The van der Waals surface area contributed by atoms with Crippen molar-refractivity contribution in [2.75, 3.05) is 6.61 Å². The van der Waals surface area contributed by atoms with E-state index in [-0.39, 0.29) is 0 Å². The number of carbonyl (C=O) groups is 3. The van der Waals surface area contributed by atoms with Crippen LogP contribution in [-0.2, 0) is 19.1 Å². The second-order valence-corrected chi connectivity index (χ2v) is 5.60. The number of nitrogens with zero attached hydrogens (tertiary/aromatic N) is 1. The first-order valence-electron chi connectivity index (χ1n) is 7.47. The Bertz CT molecular complexity index is 657. The van der Waals surface area contributed by atoms with E-state index < -0.39 is 24.4 Å². The standard InChI is InChI=1S/C16H21N3O4/c1-10-8-13(11(2)19(10)14-5-6-14)4-7-16(22)23-9-15(21)18-17-12(3)20/h4,7-8,14H,5-6,9H2,1-3H3,(H,17,20)(H,18,21)/b7-4+. The van der Waals surface area contributed by atoms with Gasteiger partial charge in [-0.15, -0.1) is 0 Å². The molecule has 2 N–H and O–H groups in total. The van der Waals surface area contributed by atoms with Gasteiger partial charge < -0.3 is 9.30 Å². The van der Waals surface area contributed by atoms with Gasteiger partial charge in [0.05, 0.1) is 0 Å². The third-order valence-corrected chi connectivity index (χ3v) is 3.56. The molecule has 0 aliphatic heterocycles. The third-order valence-electron chi connectivity index (χ3n) is 3.56. The highest BCUT2D eigenvalue weighted by atomic mass is 16.5. The van der Waals surface area contributed by atoms with E-state index in [9.17, 15) is 14.4 Å². The van der Waals surface area contributed by atoms with Crippen molar-refractivity contribution < 1.29 is 19.1 Å². The molecule has 23 heavy (non-hydrogen) atoms. The Labute approximate surface area is 134 Å². The van der Waals surface area contributed by atoms with Gasteiger partial charge in [0.1, 0.15) is 0 Å². The first-order chi connectivity index (χ1) is 10.9. The van der Waals surface area contributed by atoms with Gasteiger partial charge in [-0.05, 0) is 44.4 Å². The van der Waals surface area contributed by atoms with Gasteiger partial charge in [0, 0.05) is 30.4 Å². The molecule has 0 aromatic carbocycles. The molecule has 1 saturated carbocycles. The predicted molar refractivity (Wildman–Crippen MR) is 84.1 cm³/mol. The molecule has 0 bridgehead atoms. The fraction of sp³-hybridized carbons (Fsp3) is 0.438. The molecule has 0 spiro atoms. The van der Waals surface area contributed by atoms with Crippen LogP contribution >= 0.6 is 0 Å². The summed E-state index contributed by atoms with van der Waals surface area (Å²) in [5.41, 5.74) is 7.48. The number of aromatic nitrogens is 1. The highest BCUT2D eigenvalue weighted by Gasteiger charge is 2.26. The SMILES string of the molecule is CC(=O)NNC(=O)COC(=O)/C=C/c1cc(C)n(C2CC2)c1C. The molecule has 1 aromatic heterocycles. The maximum atomic E-state index is 11.6. The van der Waals surface area contributed by atoms with Gasteiger partial charge in [-0.25, -0.2) is 4.79 Å². The van der Waals surface area contributed by atoms with E-state index in [1.807, 2.05) is 19.9 Å². The lowest BCUT2D eigenvalue weighted by molar-refractivity contribution is -0.144. The van der Waals surface area contributed by atoms with Crippen LogP contribution in [0.5, 0.6) is 0 Å². The van der Waals surface area contributed by atoms with Gasteiger partial charge in [0.25, 0.3) is 5.91 Å². The molecule has 2 amide bonds. The summed E-state index contributed by atoms with van der Waals surface area (Å²) in [6.07, 6.45) is 5.38. The molecule has 1 fully saturated rings. The van der Waals surface area contributed by atoms with Crippen molar-refractivity contribution in [3.8, 4) is 0 Å². The summed E-state index contributed by atoms with van der Waals surface area (Å²) in [6, 6.07) is 2.61. The second kappa shape index (κ2) is 7.13. The summed E-state index contributed by atoms with van der Waals surface area (Å²) in [6.45, 7) is 4.88. The Balaban J connectivity index is 1.85. The van der Waals surface area contributed by atoms with Gasteiger partial charge in [0.15, 0.2) is 6.61 Å². The van der Waals surface area contributed by atoms with E-state index >= 15 is 0 Å². The first-order valence-corrected chi connectivity index (χ1v) is 7.47. The number of ether oxygens (including phenoxy) is 1. The molecule has 1 aromatic rings. The normalized spacial score (nSPS) is 13.9. The number of amides is 2. The molecular weight excluding hydrogens is 298 g/mol. The Morgan fingerprint density at radius 1 is 1.30 bits per heavy atom. The molecule has 2 rings (SSSR count). The number of esters is 1. The zero-order valence-electron chi connectivity index (χ0n) is 13.5. The smallest absolute Gasteiger partial charge is 0.331 e. The van der Waals surface area contributed by atoms with Crippen molar-refractivity contribution in [3.63, 3.8) is 0 Å². The number of hydrogen-bond donors (Lipinski definition) is 2. The van der Waals surface area contributed by atoms with Crippen LogP contribution in [0, 0.1) is 13.8 Å². The number of aryl methyl sites for hydroxylation is 1. The third kappa shape index (κ3) is 4.70. The van der Waals surface area contributed by atoms with E-state index in [1.54, 1.807) is 6.08 Å². The molecule has 1 aliphatic carbocycles. The molecule has 1 heterocycles. The predicted octanol–water partition coefficient (Wildman–Crippen LogP) is 1.16. The summed E-state index contributed by atoms with van der Waals surface area (Å²) >= 11 is 0. The summed E-state index contributed by atoms with van der Waals surface area (Å²) < 4.78 is 7.08. The molecule has 0 radical (unpaired) electrons.